The van der Waals surface area contributed by atoms with Crippen molar-refractivity contribution >= 4 is 46.7 Å². The van der Waals surface area contributed by atoms with E-state index in [1.807, 2.05) is 0 Å². The number of carboxylic acid groups (broad SMARTS) is 1. The molecule has 3 aromatic carbocycles. The van der Waals surface area contributed by atoms with Crippen molar-refractivity contribution in [3.8, 4) is 5.75 Å². The number of imide groups is 1. The number of carboxylic acids is 1. The Labute approximate surface area is 191 Å². The van der Waals surface area contributed by atoms with E-state index in [9.17, 15) is 18.8 Å². The summed E-state index contributed by atoms with van der Waals surface area (Å²) in [5.41, 5.74) is 1.00. The van der Waals surface area contributed by atoms with Gasteiger partial charge < -0.3 is 9.84 Å². The van der Waals surface area contributed by atoms with Crippen LogP contribution in [0.4, 0.5) is 10.1 Å². The molecular formula is C23H14Cl2FNO5. The summed E-state index contributed by atoms with van der Waals surface area (Å²) < 4.78 is 19.1. The summed E-state index contributed by atoms with van der Waals surface area (Å²) in [6.07, 6.45) is -0.258. The minimum Gasteiger partial charge on any atom is -0.488 e. The van der Waals surface area contributed by atoms with Gasteiger partial charge in [0.25, 0.3) is 11.8 Å². The number of hydrogen-bond donors (Lipinski definition) is 1. The molecular weight excluding hydrogens is 460 g/mol. The zero-order valence-electron chi connectivity index (χ0n) is 16.3. The number of carbonyl (C=O) groups is 3. The molecule has 162 valence electrons. The molecule has 0 bridgehead atoms. The monoisotopic (exact) mass is 473 g/mol. The molecule has 0 fully saturated rings. The van der Waals surface area contributed by atoms with Crippen molar-refractivity contribution < 1.29 is 28.6 Å². The third-order valence-corrected chi connectivity index (χ3v) is 5.46. The number of benzene rings is 3. The van der Waals surface area contributed by atoms with Gasteiger partial charge in [-0.2, -0.15) is 0 Å². The lowest BCUT2D eigenvalue weighted by atomic mass is 10.1. The van der Waals surface area contributed by atoms with Gasteiger partial charge in [0.1, 0.15) is 18.2 Å². The Morgan fingerprint density at radius 2 is 1.69 bits per heavy atom. The molecule has 0 unspecified atom stereocenters. The Hall–Kier alpha value is -3.42. The van der Waals surface area contributed by atoms with Crippen molar-refractivity contribution in [3.63, 3.8) is 0 Å². The highest BCUT2D eigenvalue weighted by atomic mass is 35.5. The fourth-order valence-corrected chi connectivity index (χ4v) is 3.96. The molecule has 1 N–H and O–H groups in total. The molecule has 0 aliphatic carbocycles. The number of nitrogens with zero attached hydrogens (tertiary/aromatic N) is 1. The van der Waals surface area contributed by atoms with Gasteiger partial charge >= 0.3 is 5.97 Å². The van der Waals surface area contributed by atoms with Gasteiger partial charge in [0, 0.05) is 0 Å². The molecule has 6 nitrogen and oxygen atoms in total. The minimum atomic E-state index is -1.04. The second-order valence-electron chi connectivity index (χ2n) is 7.02. The first kappa shape index (κ1) is 21.8. The summed E-state index contributed by atoms with van der Waals surface area (Å²) in [5, 5.41) is 9.04. The second-order valence-corrected chi connectivity index (χ2v) is 7.83. The Kier molecular flexibility index (Phi) is 5.86. The SMILES string of the molecule is O=C(O)Cc1ccc(N2C(=O)c3c(Cl)ccc(OCc4cccc(F)c4)c3C2=O)c(Cl)c1. The van der Waals surface area contributed by atoms with Crippen molar-refractivity contribution in [2.24, 2.45) is 0 Å². The fraction of sp³-hybridized carbons (Fsp3) is 0.0870. The van der Waals surface area contributed by atoms with Gasteiger partial charge in [-0.1, -0.05) is 41.4 Å². The highest BCUT2D eigenvalue weighted by molar-refractivity contribution is 6.44. The molecule has 1 heterocycles. The predicted molar refractivity (Wildman–Crippen MR) is 116 cm³/mol. The molecule has 1 aliphatic rings. The number of fused-ring (bicyclic) bond motifs is 1. The smallest absolute Gasteiger partial charge is 0.307 e. The van der Waals surface area contributed by atoms with Gasteiger partial charge in [-0.25, -0.2) is 9.29 Å². The average molecular weight is 474 g/mol. The molecule has 9 heteroatoms. The first-order chi connectivity index (χ1) is 15.3. The fourth-order valence-electron chi connectivity index (χ4n) is 3.44. The van der Waals surface area contributed by atoms with Gasteiger partial charge in [-0.05, 0) is 47.5 Å². The lowest BCUT2D eigenvalue weighted by Gasteiger charge is -2.16. The van der Waals surface area contributed by atoms with Crippen LogP contribution >= 0.6 is 23.2 Å². The van der Waals surface area contributed by atoms with Gasteiger partial charge in [0.05, 0.1) is 33.3 Å². The van der Waals surface area contributed by atoms with Crippen LogP contribution in [0, 0.1) is 5.82 Å². The molecule has 0 radical (unpaired) electrons. The number of rotatable bonds is 6. The highest BCUT2D eigenvalue weighted by Crippen LogP contribution is 2.40. The zero-order chi connectivity index (χ0) is 23.0. The van der Waals surface area contributed by atoms with Crippen molar-refractivity contribution in [3.05, 3.63) is 92.7 Å². The molecule has 0 atom stereocenters. The first-order valence-electron chi connectivity index (χ1n) is 9.35. The molecule has 0 saturated carbocycles. The second kappa shape index (κ2) is 8.61. The topological polar surface area (TPSA) is 83.9 Å². The maximum Gasteiger partial charge on any atom is 0.307 e. The quantitative estimate of drug-likeness (QED) is 0.501. The largest absolute Gasteiger partial charge is 0.488 e. The van der Waals surface area contributed by atoms with E-state index < -0.39 is 23.6 Å². The average Bonchev–Trinajstić information content (AvgIpc) is 2.99. The third-order valence-electron chi connectivity index (χ3n) is 4.84. The van der Waals surface area contributed by atoms with Gasteiger partial charge in [-0.3, -0.25) is 14.4 Å². The van der Waals surface area contributed by atoms with E-state index >= 15 is 0 Å². The zero-order valence-corrected chi connectivity index (χ0v) is 17.8. The van der Waals surface area contributed by atoms with Crippen LogP contribution < -0.4 is 9.64 Å². The van der Waals surface area contributed by atoms with Crippen LogP contribution in [-0.4, -0.2) is 22.9 Å². The molecule has 4 rings (SSSR count). The van der Waals surface area contributed by atoms with E-state index in [2.05, 4.69) is 0 Å². The molecule has 0 aromatic heterocycles. The van der Waals surface area contributed by atoms with Crippen molar-refractivity contribution in [1.29, 1.82) is 0 Å². The highest BCUT2D eigenvalue weighted by Gasteiger charge is 2.41. The number of halogens is 3. The molecule has 0 saturated heterocycles. The summed E-state index contributed by atoms with van der Waals surface area (Å²) in [5.74, 6) is -2.71. The van der Waals surface area contributed by atoms with Gasteiger partial charge in [0.2, 0.25) is 0 Å². The summed E-state index contributed by atoms with van der Waals surface area (Å²) in [7, 11) is 0. The Balaban J connectivity index is 1.68. The van der Waals surface area contributed by atoms with E-state index in [4.69, 9.17) is 33.0 Å². The molecule has 0 spiro atoms. The van der Waals surface area contributed by atoms with E-state index in [1.54, 1.807) is 6.07 Å². The number of ether oxygens (including phenoxy) is 1. The van der Waals surface area contributed by atoms with Crippen molar-refractivity contribution in [1.82, 2.24) is 0 Å². The van der Waals surface area contributed by atoms with Crippen LogP contribution in [0.15, 0.2) is 54.6 Å². The minimum absolute atomic E-state index is 0.0235. The molecule has 32 heavy (non-hydrogen) atoms. The number of hydrogen-bond acceptors (Lipinski definition) is 4. The molecule has 2 amide bonds. The van der Waals surface area contributed by atoms with E-state index in [0.29, 0.717) is 11.1 Å². The summed E-state index contributed by atoms with van der Waals surface area (Å²) in [4.78, 5) is 38.1. The number of amides is 2. The standard InChI is InChI=1S/C23H14Cl2FNO5/c24-15-5-7-18(32-11-13-2-1-3-14(26)8-13)21-20(15)22(30)27(23(21)31)17-6-4-12(9-16(17)25)10-19(28)29/h1-9H,10-11H2,(H,28,29). The number of aliphatic carboxylic acids is 1. The lowest BCUT2D eigenvalue weighted by Crippen LogP contribution is -2.29. The van der Waals surface area contributed by atoms with Crippen molar-refractivity contribution in [2.75, 3.05) is 4.90 Å². The van der Waals surface area contributed by atoms with E-state index in [-0.39, 0.29) is 45.6 Å². The predicted octanol–water partition coefficient (Wildman–Crippen LogP) is 5.14. The third kappa shape index (κ3) is 4.04. The van der Waals surface area contributed by atoms with Gasteiger partial charge in [0.15, 0.2) is 0 Å². The Morgan fingerprint density at radius 3 is 2.38 bits per heavy atom. The first-order valence-corrected chi connectivity index (χ1v) is 10.1. The summed E-state index contributed by atoms with van der Waals surface area (Å²) in [6.45, 7) is -0.0298. The van der Waals surface area contributed by atoms with Crippen LogP contribution in [0.1, 0.15) is 31.8 Å². The lowest BCUT2D eigenvalue weighted by molar-refractivity contribution is -0.136. The maximum absolute atomic E-state index is 13.4. The van der Waals surface area contributed by atoms with Crippen LogP contribution in [0.2, 0.25) is 10.0 Å². The molecule has 3 aromatic rings. The van der Waals surface area contributed by atoms with Crippen LogP contribution in [0.25, 0.3) is 0 Å². The van der Waals surface area contributed by atoms with Crippen LogP contribution in [0.3, 0.4) is 0 Å². The Morgan fingerprint density at radius 1 is 0.938 bits per heavy atom. The maximum atomic E-state index is 13.4. The van der Waals surface area contributed by atoms with E-state index in [0.717, 1.165) is 4.90 Å². The van der Waals surface area contributed by atoms with E-state index in [1.165, 1.54) is 48.5 Å². The van der Waals surface area contributed by atoms with Crippen LogP contribution in [-0.2, 0) is 17.8 Å². The van der Waals surface area contributed by atoms with Crippen molar-refractivity contribution in [2.45, 2.75) is 13.0 Å². The number of anilines is 1. The summed E-state index contributed by atoms with van der Waals surface area (Å²) >= 11 is 12.5. The normalized spacial score (nSPS) is 12.8. The summed E-state index contributed by atoms with van der Waals surface area (Å²) in [6, 6.07) is 13.0. The van der Waals surface area contributed by atoms with Crippen LogP contribution in [0.5, 0.6) is 5.75 Å². The van der Waals surface area contributed by atoms with Gasteiger partial charge in [-0.15, -0.1) is 0 Å². The molecule has 1 aliphatic heterocycles. The number of carbonyl (C=O) groups excluding carboxylic acids is 2. The Bertz CT molecular complexity index is 1280.